The van der Waals surface area contributed by atoms with E-state index in [1.54, 1.807) is 0 Å². The van der Waals surface area contributed by atoms with Crippen LogP contribution in [0.3, 0.4) is 0 Å². The first-order chi connectivity index (χ1) is 20.8. The third-order valence-electron chi connectivity index (χ3n) is 7.27. The Labute approximate surface area is 245 Å². The van der Waals surface area contributed by atoms with E-state index < -0.39 is 0 Å². The third kappa shape index (κ3) is 5.09. The lowest BCUT2D eigenvalue weighted by Crippen LogP contribution is -2.10. The quantitative estimate of drug-likeness (QED) is 0.202. The molecular weight excluding hydrogens is 512 g/mol. The highest BCUT2D eigenvalue weighted by atomic mass is 15.4. The lowest BCUT2D eigenvalue weighted by Gasteiger charge is -2.25. The number of anilines is 3. The van der Waals surface area contributed by atoms with Gasteiger partial charge in [0.05, 0.1) is 5.69 Å². The molecule has 7 aromatic rings. The molecule has 0 saturated carbocycles. The van der Waals surface area contributed by atoms with Crippen molar-refractivity contribution in [1.29, 1.82) is 0 Å². The molecule has 1 aromatic heterocycles. The Bertz CT molecular complexity index is 1840. The van der Waals surface area contributed by atoms with E-state index in [-0.39, 0.29) is 0 Å². The van der Waals surface area contributed by atoms with Gasteiger partial charge >= 0.3 is 0 Å². The van der Waals surface area contributed by atoms with Crippen LogP contribution in [-0.2, 0) is 0 Å². The van der Waals surface area contributed by atoms with Gasteiger partial charge in [0, 0.05) is 28.2 Å². The second-order valence-corrected chi connectivity index (χ2v) is 10.0. The van der Waals surface area contributed by atoms with Gasteiger partial charge in [-0.1, -0.05) is 121 Å². The van der Waals surface area contributed by atoms with Crippen LogP contribution in [0, 0.1) is 0 Å². The number of hydrogen-bond acceptors (Lipinski definition) is 3. The molecule has 0 unspecified atom stereocenters. The highest BCUT2D eigenvalue weighted by molar-refractivity contribution is 5.77. The average Bonchev–Trinajstić information content (AvgIpc) is 3.53. The van der Waals surface area contributed by atoms with E-state index in [1.807, 2.05) is 53.2 Å². The Kier molecular flexibility index (Phi) is 6.85. The van der Waals surface area contributed by atoms with Crippen molar-refractivity contribution in [1.82, 2.24) is 14.8 Å². The van der Waals surface area contributed by atoms with Crippen LogP contribution < -0.4 is 4.90 Å². The van der Waals surface area contributed by atoms with Crippen molar-refractivity contribution in [2.75, 3.05) is 4.90 Å². The van der Waals surface area contributed by atoms with E-state index in [9.17, 15) is 0 Å². The maximum absolute atomic E-state index is 5.02. The molecule has 0 N–H and O–H groups in total. The zero-order valence-electron chi connectivity index (χ0n) is 23.0. The van der Waals surface area contributed by atoms with Crippen molar-refractivity contribution in [2.24, 2.45) is 0 Å². The Balaban J connectivity index is 1.30. The lowest BCUT2D eigenvalue weighted by molar-refractivity contribution is 0.890. The van der Waals surface area contributed by atoms with E-state index >= 15 is 0 Å². The molecule has 0 fully saturated rings. The minimum atomic E-state index is 0.692. The largest absolute Gasteiger partial charge is 0.311 e. The summed E-state index contributed by atoms with van der Waals surface area (Å²) in [5.74, 6) is 1.49. The summed E-state index contributed by atoms with van der Waals surface area (Å²) >= 11 is 0. The predicted molar refractivity (Wildman–Crippen MR) is 172 cm³/mol. The summed E-state index contributed by atoms with van der Waals surface area (Å²) in [5.41, 5.74) is 8.54. The van der Waals surface area contributed by atoms with Crippen LogP contribution >= 0.6 is 0 Å². The standard InChI is InChI=1S/C38H28N4/c1-5-13-29(14-6-1)30-21-23-32(24-22-30)38-39-37(31-15-7-2-8-16-31)40-42(38)36-27-25-35(26-28-36)41(33-17-9-3-10-18-33)34-19-11-4-12-20-34/h1-28H. The molecule has 1 heterocycles. The molecular formula is C38H28N4. The van der Waals surface area contributed by atoms with Crippen molar-refractivity contribution in [2.45, 2.75) is 0 Å². The first-order valence-electron chi connectivity index (χ1n) is 14.0. The Morgan fingerprint density at radius 1 is 0.381 bits per heavy atom. The number of nitrogens with zero attached hydrogens (tertiary/aromatic N) is 4. The lowest BCUT2D eigenvalue weighted by atomic mass is 10.0. The van der Waals surface area contributed by atoms with Crippen molar-refractivity contribution in [3.63, 3.8) is 0 Å². The van der Waals surface area contributed by atoms with Crippen LogP contribution in [0.1, 0.15) is 0 Å². The number of aromatic nitrogens is 3. The summed E-state index contributed by atoms with van der Waals surface area (Å²) < 4.78 is 1.94. The molecule has 6 aromatic carbocycles. The van der Waals surface area contributed by atoms with Crippen molar-refractivity contribution >= 4 is 17.1 Å². The van der Waals surface area contributed by atoms with Crippen LogP contribution in [-0.4, -0.2) is 14.8 Å². The zero-order chi connectivity index (χ0) is 28.1. The Hall–Kier alpha value is -5.74. The van der Waals surface area contributed by atoms with E-state index in [1.165, 1.54) is 11.1 Å². The van der Waals surface area contributed by atoms with Crippen molar-refractivity contribution in [3.8, 4) is 39.6 Å². The molecule has 0 saturated heterocycles. The van der Waals surface area contributed by atoms with Crippen LogP contribution in [0.5, 0.6) is 0 Å². The minimum Gasteiger partial charge on any atom is -0.311 e. The summed E-state index contributed by atoms with van der Waals surface area (Å²) in [7, 11) is 0. The molecule has 0 amide bonds. The molecule has 4 heteroatoms. The van der Waals surface area contributed by atoms with Crippen molar-refractivity contribution in [3.05, 3.63) is 170 Å². The Morgan fingerprint density at radius 3 is 1.36 bits per heavy atom. The van der Waals surface area contributed by atoms with Gasteiger partial charge in [0.15, 0.2) is 11.6 Å². The smallest absolute Gasteiger partial charge is 0.182 e. The molecule has 0 spiro atoms. The van der Waals surface area contributed by atoms with E-state index in [4.69, 9.17) is 10.1 Å². The molecule has 4 nitrogen and oxygen atoms in total. The summed E-state index contributed by atoms with van der Waals surface area (Å²) in [6.45, 7) is 0. The normalized spacial score (nSPS) is 10.9. The molecule has 0 aliphatic carbocycles. The SMILES string of the molecule is c1ccc(-c2ccc(-c3nc(-c4ccccc4)nn3-c3ccc(N(c4ccccc4)c4ccccc4)cc3)cc2)cc1. The number of hydrogen-bond donors (Lipinski definition) is 0. The second kappa shape index (κ2) is 11.4. The van der Waals surface area contributed by atoms with Gasteiger partial charge in [-0.05, 0) is 59.7 Å². The third-order valence-corrected chi connectivity index (χ3v) is 7.27. The molecule has 0 bridgehead atoms. The maximum Gasteiger partial charge on any atom is 0.182 e. The zero-order valence-corrected chi connectivity index (χ0v) is 23.0. The highest BCUT2D eigenvalue weighted by Gasteiger charge is 2.17. The van der Waals surface area contributed by atoms with Crippen LogP contribution in [0.15, 0.2) is 170 Å². The van der Waals surface area contributed by atoms with E-state index in [2.05, 4.69) is 126 Å². The van der Waals surface area contributed by atoms with Gasteiger partial charge in [-0.2, -0.15) is 0 Å². The number of para-hydroxylation sites is 2. The monoisotopic (exact) mass is 540 g/mol. The summed E-state index contributed by atoms with van der Waals surface area (Å²) in [5, 5.41) is 4.99. The summed E-state index contributed by atoms with van der Waals surface area (Å²) in [6.07, 6.45) is 0. The average molecular weight is 541 g/mol. The molecule has 42 heavy (non-hydrogen) atoms. The fourth-order valence-corrected chi connectivity index (χ4v) is 5.18. The van der Waals surface area contributed by atoms with E-state index in [0.29, 0.717) is 5.82 Å². The second-order valence-electron chi connectivity index (χ2n) is 10.0. The molecule has 200 valence electrons. The fraction of sp³-hybridized carbons (Fsp3) is 0. The Morgan fingerprint density at radius 2 is 0.810 bits per heavy atom. The van der Waals surface area contributed by atoms with Gasteiger partial charge in [0.25, 0.3) is 0 Å². The van der Waals surface area contributed by atoms with E-state index in [0.717, 1.165) is 39.7 Å². The molecule has 0 aliphatic rings. The van der Waals surface area contributed by atoms with Gasteiger partial charge in [-0.15, -0.1) is 5.10 Å². The molecule has 0 atom stereocenters. The first-order valence-corrected chi connectivity index (χ1v) is 14.0. The van der Waals surface area contributed by atoms with Gasteiger partial charge < -0.3 is 4.90 Å². The summed E-state index contributed by atoms with van der Waals surface area (Å²) in [6, 6.07) is 58.4. The van der Waals surface area contributed by atoms with Crippen molar-refractivity contribution < 1.29 is 0 Å². The summed E-state index contributed by atoms with van der Waals surface area (Å²) in [4.78, 5) is 7.28. The van der Waals surface area contributed by atoms with Gasteiger partial charge in [-0.3, -0.25) is 0 Å². The van der Waals surface area contributed by atoms with Gasteiger partial charge in [0.2, 0.25) is 0 Å². The fourth-order valence-electron chi connectivity index (χ4n) is 5.18. The molecule has 7 rings (SSSR count). The predicted octanol–water partition coefficient (Wildman–Crippen LogP) is 9.74. The van der Waals surface area contributed by atoms with Crippen LogP contribution in [0.25, 0.3) is 39.6 Å². The van der Waals surface area contributed by atoms with Crippen LogP contribution in [0.4, 0.5) is 17.1 Å². The van der Waals surface area contributed by atoms with Gasteiger partial charge in [0.1, 0.15) is 0 Å². The minimum absolute atomic E-state index is 0.692. The van der Waals surface area contributed by atoms with Crippen LogP contribution in [0.2, 0.25) is 0 Å². The van der Waals surface area contributed by atoms with Gasteiger partial charge in [-0.25, -0.2) is 9.67 Å². The first kappa shape index (κ1) is 25.2. The maximum atomic E-state index is 5.02. The molecule has 0 aliphatic heterocycles. The molecule has 0 radical (unpaired) electrons. The number of rotatable bonds is 7. The topological polar surface area (TPSA) is 34.0 Å². The number of benzene rings is 6. The highest BCUT2D eigenvalue weighted by Crippen LogP contribution is 2.35.